The summed E-state index contributed by atoms with van der Waals surface area (Å²) in [5, 5.41) is 2.37. The molecule has 0 saturated heterocycles. The molecule has 1 aromatic heterocycles. The maximum atomic E-state index is 6.64. The van der Waals surface area contributed by atoms with E-state index in [0.29, 0.717) is 0 Å². The maximum absolute atomic E-state index is 6.64. The third-order valence-corrected chi connectivity index (χ3v) is 13.3. The van der Waals surface area contributed by atoms with Crippen LogP contribution in [0.4, 0.5) is 17.1 Å². The second-order valence-electron chi connectivity index (χ2n) is 20.1. The van der Waals surface area contributed by atoms with Crippen LogP contribution in [-0.4, -0.2) is 6.71 Å². The Balaban J connectivity index is 1.45. The molecule has 264 valence electrons. The quantitative estimate of drug-likeness (QED) is 0.160. The highest BCUT2D eigenvalue weighted by Gasteiger charge is 2.49. The number of fused-ring (bicyclic) bond motifs is 9. The first-order chi connectivity index (χ1) is 24.3. The van der Waals surface area contributed by atoms with E-state index in [4.69, 9.17) is 4.42 Å². The van der Waals surface area contributed by atoms with Crippen LogP contribution in [0, 0.1) is 0 Å². The Labute approximate surface area is 311 Å². The Morgan fingerprint density at radius 2 is 1.23 bits per heavy atom. The molecule has 0 unspecified atom stereocenters. The molecule has 6 aromatic rings. The number of para-hydroxylation sites is 1. The zero-order valence-corrected chi connectivity index (χ0v) is 33.4. The monoisotopic (exact) mass is 683 g/mol. The number of nitrogens with zero attached hydrogens (tertiary/aromatic N) is 1. The lowest BCUT2D eigenvalue weighted by atomic mass is 9.29. The lowest BCUT2D eigenvalue weighted by Gasteiger charge is -2.49. The van der Waals surface area contributed by atoms with Gasteiger partial charge in [0, 0.05) is 22.2 Å². The summed E-state index contributed by atoms with van der Waals surface area (Å²) < 4.78 is 6.64. The number of benzene rings is 5. The summed E-state index contributed by atoms with van der Waals surface area (Å²) in [5.41, 5.74) is 18.8. The second-order valence-corrected chi connectivity index (χ2v) is 20.1. The first-order valence-electron chi connectivity index (χ1n) is 19.5. The van der Waals surface area contributed by atoms with Crippen molar-refractivity contribution in [3.8, 4) is 0 Å². The zero-order chi connectivity index (χ0) is 36.9. The van der Waals surface area contributed by atoms with E-state index < -0.39 is 0 Å². The lowest BCUT2D eigenvalue weighted by molar-refractivity contribution is 0.331. The molecular formula is C49H54BNO. The number of hydrogen-bond donors (Lipinski definition) is 0. The standard InChI is InChI=1S/C49H54BNO/c1-45(2,3)29-17-19-31(20-18-29)51-39-26-30(46(4,5)6)25-36-43(39)50(37-21-22-41-42(44(37)51)32-15-13-14-16-40(32)52-41)38-28-34-33(27-35(38)49(36,11)12)47(7,8)23-24-48(34,9)10/h13-22,25-28H,23-24H2,1-12H3. The third kappa shape index (κ3) is 4.63. The molecule has 0 radical (unpaired) electrons. The lowest BCUT2D eigenvalue weighted by Crippen LogP contribution is -2.64. The van der Waals surface area contributed by atoms with Crippen LogP contribution in [0.3, 0.4) is 0 Å². The molecule has 52 heavy (non-hydrogen) atoms. The van der Waals surface area contributed by atoms with Gasteiger partial charge < -0.3 is 9.32 Å². The van der Waals surface area contributed by atoms with E-state index in [1.807, 2.05) is 0 Å². The minimum absolute atomic E-state index is 0.0321. The Kier molecular flexibility index (Phi) is 6.76. The van der Waals surface area contributed by atoms with Gasteiger partial charge in [-0.3, -0.25) is 0 Å². The van der Waals surface area contributed by atoms with Gasteiger partial charge in [-0.25, -0.2) is 0 Å². The SMILES string of the molecule is CC(C)(C)c1ccc(N2c3cc(C(C)(C)C)cc4c3B(c3cc5c(cc3C4(C)C)C(C)(C)CCC5(C)C)c3ccc4oc5ccccc5c4c32)cc1. The van der Waals surface area contributed by atoms with E-state index in [0.717, 1.165) is 11.2 Å². The zero-order valence-electron chi connectivity index (χ0n) is 33.4. The molecule has 1 aliphatic carbocycles. The van der Waals surface area contributed by atoms with Crippen LogP contribution in [0.5, 0.6) is 0 Å². The molecule has 0 N–H and O–H groups in total. The first-order valence-corrected chi connectivity index (χ1v) is 19.5. The minimum Gasteiger partial charge on any atom is -0.456 e. The first kappa shape index (κ1) is 33.6. The summed E-state index contributed by atoms with van der Waals surface area (Å²) in [5.74, 6) is 0. The Hall–Kier alpha value is -4.24. The van der Waals surface area contributed by atoms with Crippen molar-refractivity contribution in [1.82, 2.24) is 0 Å². The summed E-state index contributed by atoms with van der Waals surface area (Å²) >= 11 is 0. The van der Waals surface area contributed by atoms with Crippen molar-refractivity contribution in [2.75, 3.05) is 4.90 Å². The number of anilines is 3. The van der Waals surface area contributed by atoms with Gasteiger partial charge in [-0.2, -0.15) is 0 Å². The Bertz CT molecular complexity index is 2460. The van der Waals surface area contributed by atoms with Gasteiger partial charge >= 0.3 is 0 Å². The van der Waals surface area contributed by atoms with Crippen LogP contribution in [0.25, 0.3) is 21.9 Å². The summed E-state index contributed by atoms with van der Waals surface area (Å²) in [4.78, 5) is 2.60. The van der Waals surface area contributed by atoms with Gasteiger partial charge in [0.25, 0.3) is 0 Å². The number of rotatable bonds is 1. The van der Waals surface area contributed by atoms with Gasteiger partial charge in [0.05, 0.1) is 11.1 Å². The van der Waals surface area contributed by atoms with Gasteiger partial charge in [0.2, 0.25) is 6.71 Å². The molecule has 0 spiro atoms. The van der Waals surface area contributed by atoms with E-state index in [2.05, 4.69) is 173 Å². The van der Waals surface area contributed by atoms with Gasteiger partial charge in [-0.1, -0.05) is 143 Å². The predicted octanol–water partition coefficient (Wildman–Crippen LogP) is 11.5. The highest BCUT2D eigenvalue weighted by Crippen LogP contribution is 2.51. The molecule has 0 atom stereocenters. The smallest absolute Gasteiger partial charge is 0.247 e. The highest BCUT2D eigenvalue weighted by atomic mass is 16.3. The van der Waals surface area contributed by atoms with Crippen molar-refractivity contribution in [3.63, 3.8) is 0 Å². The summed E-state index contributed by atoms with van der Waals surface area (Å²) in [6.45, 7) is 28.9. The molecule has 0 saturated carbocycles. The van der Waals surface area contributed by atoms with Crippen LogP contribution >= 0.6 is 0 Å². The van der Waals surface area contributed by atoms with Gasteiger partial charge in [-0.05, 0) is 109 Å². The topological polar surface area (TPSA) is 16.4 Å². The molecule has 2 nitrogen and oxygen atoms in total. The molecule has 5 aromatic carbocycles. The van der Waals surface area contributed by atoms with Gasteiger partial charge in [0.15, 0.2) is 0 Å². The van der Waals surface area contributed by atoms with E-state index in [1.54, 1.807) is 5.56 Å². The molecule has 3 heteroatoms. The van der Waals surface area contributed by atoms with Crippen LogP contribution < -0.4 is 21.3 Å². The third-order valence-electron chi connectivity index (χ3n) is 13.3. The molecule has 0 bridgehead atoms. The van der Waals surface area contributed by atoms with Crippen molar-refractivity contribution in [1.29, 1.82) is 0 Å². The number of furan rings is 1. The van der Waals surface area contributed by atoms with Crippen LogP contribution in [0.1, 0.15) is 129 Å². The average molecular weight is 684 g/mol. The number of hydrogen-bond acceptors (Lipinski definition) is 2. The van der Waals surface area contributed by atoms with E-state index in [-0.39, 0.29) is 33.8 Å². The van der Waals surface area contributed by atoms with E-state index in [9.17, 15) is 0 Å². The van der Waals surface area contributed by atoms with Crippen molar-refractivity contribution >= 4 is 62.1 Å². The van der Waals surface area contributed by atoms with Crippen LogP contribution in [-0.2, 0) is 27.1 Å². The van der Waals surface area contributed by atoms with E-state index in [1.165, 1.54) is 84.9 Å². The van der Waals surface area contributed by atoms with Crippen molar-refractivity contribution in [3.05, 3.63) is 118 Å². The van der Waals surface area contributed by atoms with Gasteiger partial charge in [0.1, 0.15) is 11.2 Å². The largest absolute Gasteiger partial charge is 0.456 e. The normalized spacial score (nSPS) is 18.2. The Morgan fingerprint density at radius 3 is 1.88 bits per heavy atom. The van der Waals surface area contributed by atoms with Gasteiger partial charge in [-0.15, -0.1) is 0 Å². The molecule has 3 heterocycles. The van der Waals surface area contributed by atoms with Crippen molar-refractivity contribution in [2.24, 2.45) is 0 Å². The fraction of sp³-hybridized carbons (Fsp3) is 0.388. The van der Waals surface area contributed by atoms with E-state index >= 15 is 0 Å². The summed E-state index contributed by atoms with van der Waals surface area (Å²) in [6.07, 6.45) is 2.41. The summed E-state index contributed by atoms with van der Waals surface area (Å²) in [6, 6.07) is 33.0. The highest BCUT2D eigenvalue weighted by molar-refractivity contribution is 6.99. The molecular weight excluding hydrogens is 629 g/mol. The average Bonchev–Trinajstić information content (AvgIpc) is 3.46. The molecule has 0 fully saturated rings. The van der Waals surface area contributed by atoms with Crippen molar-refractivity contribution in [2.45, 2.75) is 123 Å². The fourth-order valence-electron chi connectivity index (χ4n) is 9.90. The molecule has 0 amide bonds. The summed E-state index contributed by atoms with van der Waals surface area (Å²) in [7, 11) is 0. The molecule has 3 aliphatic rings. The predicted molar refractivity (Wildman–Crippen MR) is 224 cm³/mol. The maximum Gasteiger partial charge on any atom is 0.247 e. The fourth-order valence-corrected chi connectivity index (χ4v) is 9.90. The minimum atomic E-state index is -0.185. The Morgan fingerprint density at radius 1 is 0.596 bits per heavy atom. The second kappa shape index (κ2) is 10.5. The van der Waals surface area contributed by atoms with Crippen LogP contribution in [0.15, 0.2) is 89.3 Å². The van der Waals surface area contributed by atoms with Crippen LogP contribution in [0.2, 0.25) is 0 Å². The van der Waals surface area contributed by atoms with Crippen molar-refractivity contribution < 1.29 is 4.42 Å². The molecule has 9 rings (SSSR count). The molecule has 2 aliphatic heterocycles.